The molecule has 0 heterocycles. The first-order chi connectivity index (χ1) is 9.19. The Labute approximate surface area is 119 Å². The van der Waals surface area contributed by atoms with Crippen molar-refractivity contribution in [2.24, 2.45) is 0 Å². The second-order valence-electron chi connectivity index (χ2n) is 4.52. The number of carbonyl (C=O) groups excluding carboxylic acids is 1. The van der Waals surface area contributed by atoms with Gasteiger partial charge in [0, 0.05) is 0 Å². The molecule has 0 aromatic heterocycles. The lowest BCUT2D eigenvalue weighted by molar-refractivity contribution is -0.121. The Hall–Kier alpha value is -1.00. The van der Waals surface area contributed by atoms with E-state index < -0.39 is 0 Å². The van der Waals surface area contributed by atoms with Gasteiger partial charge in [-0.3, -0.25) is 4.79 Å². The van der Waals surface area contributed by atoms with Gasteiger partial charge < -0.3 is 10.4 Å². The molecule has 2 atom stereocenters. The average molecular weight is 281 g/mol. The van der Waals surface area contributed by atoms with Crippen LogP contribution in [0.15, 0.2) is 30.3 Å². The molecule has 3 nitrogen and oxygen atoms in total. The first-order valence-electron chi connectivity index (χ1n) is 6.76. The maximum Gasteiger partial charge on any atom is 0.233 e. The summed E-state index contributed by atoms with van der Waals surface area (Å²) in [7, 11) is 0. The van der Waals surface area contributed by atoms with Gasteiger partial charge in [0.05, 0.1) is 17.9 Å². The SMILES string of the molecule is CCCCSC(C)C(=O)N[C@H](CO)c1ccccc1. The first kappa shape index (κ1) is 16.1. The number of carbonyl (C=O) groups is 1. The molecule has 0 bridgehead atoms. The number of amides is 1. The van der Waals surface area contributed by atoms with E-state index in [0.717, 1.165) is 24.2 Å². The number of hydrogen-bond donors (Lipinski definition) is 2. The van der Waals surface area contributed by atoms with Crippen LogP contribution >= 0.6 is 11.8 Å². The molecule has 1 amide bonds. The van der Waals surface area contributed by atoms with Gasteiger partial charge in [-0.25, -0.2) is 0 Å². The van der Waals surface area contributed by atoms with Crippen molar-refractivity contribution >= 4 is 17.7 Å². The van der Waals surface area contributed by atoms with Gasteiger partial charge in [-0.05, 0) is 24.7 Å². The van der Waals surface area contributed by atoms with Crippen LogP contribution in [0.2, 0.25) is 0 Å². The van der Waals surface area contributed by atoms with Crippen molar-refractivity contribution in [3.63, 3.8) is 0 Å². The normalized spacial score (nSPS) is 13.8. The molecule has 0 aliphatic rings. The van der Waals surface area contributed by atoms with E-state index in [-0.39, 0.29) is 23.8 Å². The lowest BCUT2D eigenvalue weighted by atomic mass is 10.1. The molecule has 0 fully saturated rings. The van der Waals surface area contributed by atoms with Crippen molar-refractivity contribution in [2.45, 2.75) is 38.0 Å². The van der Waals surface area contributed by atoms with Gasteiger partial charge >= 0.3 is 0 Å². The number of hydrogen-bond acceptors (Lipinski definition) is 3. The molecule has 0 saturated carbocycles. The second-order valence-corrected chi connectivity index (χ2v) is 5.97. The van der Waals surface area contributed by atoms with E-state index in [1.54, 1.807) is 11.8 Å². The topological polar surface area (TPSA) is 49.3 Å². The van der Waals surface area contributed by atoms with E-state index in [1.807, 2.05) is 37.3 Å². The Kier molecular flexibility index (Phi) is 7.60. The van der Waals surface area contributed by atoms with Gasteiger partial charge in [0.15, 0.2) is 0 Å². The van der Waals surface area contributed by atoms with Crippen molar-refractivity contribution in [1.29, 1.82) is 0 Å². The fourth-order valence-corrected chi connectivity index (χ4v) is 2.72. The van der Waals surface area contributed by atoms with E-state index in [9.17, 15) is 9.90 Å². The van der Waals surface area contributed by atoms with Crippen LogP contribution in [0.5, 0.6) is 0 Å². The summed E-state index contributed by atoms with van der Waals surface area (Å²) in [5.74, 6) is 0.990. The lowest BCUT2D eigenvalue weighted by Gasteiger charge is -2.19. The Morgan fingerprint density at radius 1 is 1.37 bits per heavy atom. The molecule has 4 heteroatoms. The molecule has 106 valence electrons. The standard InChI is InChI=1S/C15H23NO2S/c1-3-4-10-19-12(2)15(18)16-14(11-17)13-8-6-5-7-9-13/h5-9,12,14,17H,3-4,10-11H2,1-2H3,(H,16,18)/t12?,14-/m1/s1. The monoisotopic (exact) mass is 281 g/mol. The molecular weight excluding hydrogens is 258 g/mol. The maximum absolute atomic E-state index is 12.0. The molecule has 0 spiro atoms. The number of thioether (sulfide) groups is 1. The fourth-order valence-electron chi connectivity index (χ4n) is 1.69. The minimum atomic E-state index is -0.317. The van der Waals surface area contributed by atoms with Crippen LogP contribution in [0.25, 0.3) is 0 Å². The predicted octanol–water partition coefficient (Wildman–Crippen LogP) is 2.76. The summed E-state index contributed by atoms with van der Waals surface area (Å²) in [6.07, 6.45) is 2.27. The summed E-state index contributed by atoms with van der Waals surface area (Å²) in [5.41, 5.74) is 0.934. The molecule has 1 rings (SSSR count). The summed E-state index contributed by atoms with van der Waals surface area (Å²) >= 11 is 1.66. The molecule has 2 N–H and O–H groups in total. The van der Waals surface area contributed by atoms with E-state index in [0.29, 0.717) is 0 Å². The van der Waals surface area contributed by atoms with Crippen LogP contribution in [0.4, 0.5) is 0 Å². The zero-order valence-electron chi connectivity index (χ0n) is 11.6. The fraction of sp³-hybridized carbons (Fsp3) is 0.533. The van der Waals surface area contributed by atoms with Crippen molar-refractivity contribution in [1.82, 2.24) is 5.32 Å². The van der Waals surface area contributed by atoms with E-state index in [2.05, 4.69) is 12.2 Å². The summed E-state index contributed by atoms with van der Waals surface area (Å²) in [4.78, 5) is 12.0. The van der Waals surface area contributed by atoms with Crippen LogP contribution in [0.1, 0.15) is 38.3 Å². The van der Waals surface area contributed by atoms with E-state index >= 15 is 0 Å². The zero-order chi connectivity index (χ0) is 14.1. The quantitative estimate of drug-likeness (QED) is 0.720. The molecule has 0 saturated heterocycles. The summed E-state index contributed by atoms with van der Waals surface area (Å²) in [6.45, 7) is 3.97. The second kappa shape index (κ2) is 8.99. The zero-order valence-corrected chi connectivity index (χ0v) is 12.5. The summed E-state index contributed by atoms with van der Waals surface area (Å²) < 4.78 is 0. The maximum atomic E-state index is 12.0. The van der Waals surface area contributed by atoms with Crippen LogP contribution < -0.4 is 5.32 Å². The minimum absolute atomic E-state index is 0.0102. The molecule has 1 unspecified atom stereocenters. The Morgan fingerprint density at radius 3 is 2.63 bits per heavy atom. The predicted molar refractivity (Wildman–Crippen MR) is 81.2 cm³/mol. The summed E-state index contributed by atoms with van der Waals surface area (Å²) in [5, 5.41) is 12.2. The lowest BCUT2D eigenvalue weighted by Crippen LogP contribution is -2.36. The number of aliphatic hydroxyl groups is 1. The van der Waals surface area contributed by atoms with Crippen molar-refractivity contribution in [3.05, 3.63) is 35.9 Å². The number of aliphatic hydroxyl groups excluding tert-OH is 1. The van der Waals surface area contributed by atoms with Crippen LogP contribution in [0.3, 0.4) is 0 Å². The van der Waals surface area contributed by atoms with Gasteiger partial charge in [0.25, 0.3) is 0 Å². The molecule has 0 aliphatic carbocycles. The highest BCUT2D eigenvalue weighted by Crippen LogP contribution is 2.16. The Morgan fingerprint density at radius 2 is 2.05 bits per heavy atom. The van der Waals surface area contributed by atoms with Crippen LogP contribution in [-0.4, -0.2) is 28.6 Å². The highest BCUT2D eigenvalue weighted by molar-refractivity contribution is 8.00. The van der Waals surface area contributed by atoms with Crippen LogP contribution in [-0.2, 0) is 4.79 Å². The molecule has 0 aliphatic heterocycles. The molecule has 19 heavy (non-hydrogen) atoms. The van der Waals surface area contributed by atoms with Crippen molar-refractivity contribution in [2.75, 3.05) is 12.4 Å². The van der Waals surface area contributed by atoms with Crippen molar-refractivity contribution < 1.29 is 9.90 Å². The number of unbranched alkanes of at least 4 members (excludes halogenated alkanes) is 1. The van der Waals surface area contributed by atoms with Gasteiger partial charge in [0.2, 0.25) is 5.91 Å². The summed E-state index contributed by atoms with van der Waals surface area (Å²) in [6, 6.07) is 9.24. The number of nitrogens with one attached hydrogen (secondary N) is 1. The highest BCUT2D eigenvalue weighted by atomic mass is 32.2. The molecule has 1 aromatic rings. The molecule has 0 radical (unpaired) electrons. The van der Waals surface area contributed by atoms with Gasteiger partial charge in [0.1, 0.15) is 0 Å². The van der Waals surface area contributed by atoms with E-state index in [4.69, 9.17) is 0 Å². The average Bonchev–Trinajstić information content (AvgIpc) is 2.45. The van der Waals surface area contributed by atoms with Crippen LogP contribution in [0, 0.1) is 0 Å². The van der Waals surface area contributed by atoms with Gasteiger partial charge in [-0.15, -0.1) is 11.8 Å². The molecule has 1 aromatic carbocycles. The van der Waals surface area contributed by atoms with E-state index in [1.165, 1.54) is 0 Å². The largest absolute Gasteiger partial charge is 0.394 e. The minimum Gasteiger partial charge on any atom is -0.394 e. The number of rotatable bonds is 8. The van der Waals surface area contributed by atoms with Gasteiger partial charge in [-0.2, -0.15) is 0 Å². The highest BCUT2D eigenvalue weighted by Gasteiger charge is 2.18. The Bertz CT molecular complexity index is 370. The third-order valence-electron chi connectivity index (χ3n) is 2.94. The van der Waals surface area contributed by atoms with Crippen molar-refractivity contribution in [3.8, 4) is 0 Å². The first-order valence-corrected chi connectivity index (χ1v) is 7.81. The molecular formula is C15H23NO2S. The smallest absolute Gasteiger partial charge is 0.233 e. The third kappa shape index (κ3) is 5.66. The number of benzene rings is 1. The third-order valence-corrected chi connectivity index (χ3v) is 4.17. The Balaban J connectivity index is 2.49. The van der Waals surface area contributed by atoms with Gasteiger partial charge in [-0.1, -0.05) is 43.7 Å².